The van der Waals surface area contributed by atoms with Crippen molar-refractivity contribution in [2.75, 3.05) is 0 Å². The molecule has 80 valence electrons. The zero-order valence-corrected chi connectivity index (χ0v) is 11.0. The highest BCUT2D eigenvalue weighted by Crippen LogP contribution is 2.24. The normalized spacial score (nSPS) is 27.4. The summed E-state index contributed by atoms with van der Waals surface area (Å²) in [7, 11) is 0. The third-order valence-corrected chi connectivity index (χ3v) is 2.88. The number of halogens is 1. The SMILES string of the molecule is CC1(I)C=CN=C(C2=CC=C=CC=N2)C=C1. The Morgan fingerprint density at radius 2 is 2.19 bits per heavy atom. The van der Waals surface area contributed by atoms with Gasteiger partial charge in [0.25, 0.3) is 0 Å². The molecule has 2 rings (SSSR count). The lowest BCUT2D eigenvalue weighted by atomic mass is 10.1. The number of alkyl halides is 1. The second-order valence-corrected chi connectivity index (χ2v) is 5.97. The third kappa shape index (κ3) is 2.90. The van der Waals surface area contributed by atoms with E-state index in [4.69, 9.17) is 0 Å². The van der Waals surface area contributed by atoms with Crippen LogP contribution in [0.1, 0.15) is 6.92 Å². The summed E-state index contributed by atoms with van der Waals surface area (Å²) in [6.45, 7) is 2.13. The van der Waals surface area contributed by atoms with Gasteiger partial charge < -0.3 is 0 Å². The molecule has 0 amide bonds. The van der Waals surface area contributed by atoms with Gasteiger partial charge in [-0.25, -0.2) is 0 Å². The summed E-state index contributed by atoms with van der Waals surface area (Å²) in [6, 6.07) is 0. The van der Waals surface area contributed by atoms with Crippen LogP contribution >= 0.6 is 22.6 Å². The van der Waals surface area contributed by atoms with E-state index in [9.17, 15) is 0 Å². The van der Waals surface area contributed by atoms with Gasteiger partial charge in [-0.2, -0.15) is 0 Å². The molecule has 0 saturated heterocycles. The van der Waals surface area contributed by atoms with E-state index < -0.39 is 0 Å². The van der Waals surface area contributed by atoms with Crippen LogP contribution in [0.3, 0.4) is 0 Å². The van der Waals surface area contributed by atoms with E-state index in [2.05, 4.69) is 57.4 Å². The van der Waals surface area contributed by atoms with E-state index in [1.165, 1.54) is 0 Å². The van der Waals surface area contributed by atoms with E-state index >= 15 is 0 Å². The van der Waals surface area contributed by atoms with E-state index in [-0.39, 0.29) is 3.42 Å². The summed E-state index contributed by atoms with van der Waals surface area (Å²) in [4.78, 5) is 8.69. The van der Waals surface area contributed by atoms with Gasteiger partial charge in [0, 0.05) is 12.4 Å². The topological polar surface area (TPSA) is 24.7 Å². The second-order valence-electron chi connectivity index (χ2n) is 3.64. The van der Waals surface area contributed by atoms with Crippen molar-refractivity contribution in [3.05, 3.63) is 54.1 Å². The van der Waals surface area contributed by atoms with Crippen LogP contribution < -0.4 is 0 Å². The molecule has 16 heavy (non-hydrogen) atoms. The first-order valence-electron chi connectivity index (χ1n) is 4.97. The smallest absolute Gasteiger partial charge is 0.0892 e. The Morgan fingerprint density at radius 1 is 1.31 bits per heavy atom. The van der Waals surface area contributed by atoms with Crippen LogP contribution in [0.15, 0.2) is 64.1 Å². The average molecular weight is 322 g/mol. The fourth-order valence-electron chi connectivity index (χ4n) is 1.29. The lowest BCUT2D eigenvalue weighted by Crippen LogP contribution is -2.05. The predicted octanol–water partition coefficient (Wildman–Crippen LogP) is 3.38. The number of nitrogens with zero attached hydrogens (tertiary/aromatic N) is 2. The first kappa shape index (κ1) is 11.3. The summed E-state index contributed by atoms with van der Waals surface area (Å²) in [5.74, 6) is 0. The minimum atomic E-state index is 0.0199. The Hall–Kier alpha value is -1.19. The van der Waals surface area contributed by atoms with Crippen molar-refractivity contribution in [1.29, 1.82) is 0 Å². The summed E-state index contributed by atoms with van der Waals surface area (Å²) in [5.41, 5.74) is 4.71. The summed E-state index contributed by atoms with van der Waals surface area (Å²) < 4.78 is 0.0199. The van der Waals surface area contributed by atoms with Gasteiger partial charge in [0.05, 0.1) is 14.8 Å². The maximum Gasteiger partial charge on any atom is 0.0892 e. The van der Waals surface area contributed by atoms with Crippen LogP contribution in [0.4, 0.5) is 0 Å². The fraction of sp³-hybridized carbons (Fsp3) is 0.154. The molecule has 0 aromatic heterocycles. The Morgan fingerprint density at radius 3 is 3.06 bits per heavy atom. The van der Waals surface area contributed by atoms with Gasteiger partial charge in [0.1, 0.15) is 0 Å². The van der Waals surface area contributed by atoms with Crippen LogP contribution in [0.2, 0.25) is 0 Å². The van der Waals surface area contributed by atoms with E-state index in [0.717, 1.165) is 11.4 Å². The van der Waals surface area contributed by atoms with Gasteiger partial charge >= 0.3 is 0 Å². The fourth-order valence-corrected chi connectivity index (χ4v) is 1.63. The maximum atomic E-state index is 4.38. The highest BCUT2D eigenvalue weighted by Gasteiger charge is 2.14. The molecule has 0 aliphatic carbocycles. The molecule has 0 N–H and O–H groups in total. The van der Waals surface area contributed by atoms with E-state index in [1.54, 1.807) is 12.3 Å². The number of aliphatic imine (C=N–C) groups is 2. The largest absolute Gasteiger partial charge is 0.255 e. The Kier molecular flexibility index (Phi) is 3.36. The lowest BCUT2D eigenvalue weighted by Gasteiger charge is -2.09. The lowest BCUT2D eigenvalue weighted by molar-refractivity contribution is 1.06. The van der Waals surface area contributed by atoms with Crippen molar-refractivity contribution in [3.8, 4) is 0 Å². The highest BCUT2D eigenvalue weighted by atomic mass is 127. The molecule has 0 bridgehead atoms. The minimum Gasteiger partial charge on any atom is -0.255 e. The molecule has 2 nitrogen and oxygen atoms in total. The minimum absolute atomic E-state index is 0.0199. The van der Waals surface area contributed by atoms with Crippen molar-refractivity contribution < 1.29 is 0 Å². The number of hydrogen-bond donors (Lipinski definition) is 0. The van der Waals surface area contributed by atoms with Crippen LogP contribution in [-0.4, -0.2) is 15.3 Å². The van der Waals surface area contributed by atoms with Crippen LogP contribution in [0.5, 0.6) is 0 Å². The molecule has 0 fully saturated rings. The standard InChI is InChI=1S/C13H11IN2/c1-13(14)7-6-12(16-10-8-13)11-5-3-2-4-9-15-11/h3-10H,1H3. The van der Waals surface area contributed by atoms with E-state index in [0.29, 0.717) is 0 Å². The zero-order chi connectivity index (χ0) is 11.4. The van der Waals surface area contributed by atoms with Gasteiger partial charge in [-0.1, -0.05) is 28.7 Å². The Labute approximate surface area is 109 Å². The van der Waals surface area contributed by atoms with Gasteiger partial charge in [-0.05, 0) is 37.3 Å². The van der Waals surface area contributed by atoms with Crippen molar-refractivity contribution >= 4 is 34.5 Å². The predicted molar refractivity (Wildman–Crippen MR) is 77.4 cm³/mol. The highest BCUT2D eigenvalue weighted by molar-refractivity contribution is 14.1. The molecule has 1 unspecified atom stereocenters. The molecular weight excluding hydrogens is 311 g/mol. The maximum absolute atomic E-state index is 4.38. The number of rotatable bonds is 1. The molecule has 2 aliphatic rings. The zero-order valence-electron chi connectivity index (χ0n) is 8.89. The molecule has 0 radical (unpaired) electrons. The van der Waals surface area contributed by atoms with Crippen molar-refractivity contribution in [2.24, 2.45) is 9.98 Å². The molecule has 2 heterocycles. The molecule has 1 atom stereocenters. The summed E-state index contributed by atoms with van der Waals surface area (Å²) in [5, 5.41) is 0. The number of allylic oxidation sites excluding steroid dienone is 5. The summed E-state index contributed by atoms with van der Waals surface area (Å²) in [6.07, 6.45) is 15.3. The third-order valence-electron chi connectivity index (χ3n) is 2.17. The van der Waals surface area contributed by atoms with Crippen LogP contribution in [0, 0.1) is 0 Å². The van der Waals surface area contributed by atoms with Crippen molar-refractivity contribution in [3.63, 3.8) is 0 Å². The molecule has 0 aromatic rings. The molecule has 0 spiro atoms. The Balaban J connectivity index is 2.31. The monoisotopic (exact) mass is 322 g/mol. The average Bonchev–Trinajstić information content (AvgIpc) is 2.58. The van der Waals surface area contributed by atoms with Crippen LogP contribution in [0.25, 0.3) is 0 Å². The first-order valence-corrected chi connectivity index (χ1v) is 6.05. The van der Waals surface area contributed by atoms with Gasteiger partial charge in [-0.15, -0.1) is 5.73 Å². The van der Waals surface area contributed by atoms with E-state index in [1.807, 2.05) is 24.4 Å². The molecule has 0 saturated carbocycles. The van der Waals surface area contributed by atoms with Crippen LogP contribution in [-0.2, 0) is 0 Å². The molecule has 3 heteroatoms. The molecule has 0 aromatic carbocycles. The summed E-state index contributed by atoms with van der Waals surface area (Å²) >= 11 is 2.37. The van der Waals surface area contributed by atoms with Gasteiger partial charge in [-0.3, -0.25) is 9.98 Å². The first-order chi connectivity index (χ1) is 7.67. The quantitative estimate of drug-likeness (QED) is 0.402. The van der Waals surface area contributed by atoms with Crippen molar-refractivity contribution in [1.82, 2.24) is 0 Å². The Bertz CT molecular complexity index is 496. The van der Waals surface area contributed by atoms with Gasteiger partial charge in [0.2, 0.25) is 0 Å². The van der Waals surface area contributed by atoms with Crippen molar-refractivity contribution in [2.45, 2.75) is 10.3 Å². The second kappa shape index (κ2) is 4.76. The van der Waals surface area contributed by atoms with Gasteiger partial charge in [0.15, 0.2) is 0 Å². The number of hydrogen-bond acceptors (Lipinski definition) is 2. The molecule has 2 aliphatic heterocycles. The molecular formula is C13H11IN2.